The SMILES string of the molecule is Cc1c2cn[nH]c2c(CN(C)C(=O)c2ccc(-c3cccc(C#N)c3)c(OC3CC3)c2)c[n+]1O. The lowest BCUT2D eigenvalue weighted by atomic mass is 10.0. The monoisotopic (exact) mass is 454 g/mol. The lowest BCUT2D eigenvalue weighted by molar-refractivity contribution is -0.908. The molecule has 1 fully saturated rings. The molecule has 2 N–H and O–H groups in total. The van der Waals surface area contributed by atoms with E-state index in [-0.39, 0.29) is 18.6 Å². The molecule has 8 nitrogen and oxygen atoms in total. The zero-order valence-electron chi connectivity index (χ0n) is 18.9. The van der Waals surface area contributed by atoms with Crippen molar-refractivity contribution in [1.29, 1.82) is 5.26 Å². The van der Waals surface area contributed by atoms with Crippen LogP contribution >= 0.6 is 0 Å². The van der Waals surface area contributed by atoms with Crippen LogP contribution in [0, 0.1) is 18.3 Å². The maximum absolute atomic E-state index is 13.3. The molecule has 2 aromatic carbocycles. The van der Waals surface area contributed by atoms with Gasteiger partial charge < -0.3 is 9.64 Å². The van der Waals surface area contributed by atoms with Crippen LogP contribution in [-0.4, -0.2) is 39.4 Å². The Labute approximate surface area is 196 Å². The van der Waals surface area contributed by atoms with Gasteiger partial charge in [0, 0.05) is 29.8 Å². The predicted molar refractivity (Wildman–Crippen MR) is 124 cm³/mol. The van der Waals surface area contributed by atoms with Gasteiger partial charge in [-0.25, -0.2) is 0 Å². The fourth-order valence-electron chi connectivity index (χ4n) is 4.02. The topological polar surface area (TPSA) is 106 Å². The van der Waals surface area contributed by atoms with E-state index >= 15 is 0 Å². The number of aromatic amines is 1. The van der Waals surface area contributed by atoms with Crippen molar-refractivity contribution < 1.29 is 19.5 Å². The Balaban J connectivity index is 1.45. The third-order valence-corrected chi connectivity index (χ3v) is 6.08. The molecule has 34 heavy (non-hydrogen) atoms. The second-order valence-electron chi connectivity index (χ2n) is 8.62. The molecule has 1 amide bonds. The number of benzene rings is 2. The fourth-order valence-corrected chi connectivity index (χ4v) is 4.02. The first-order chi connectivity index (χ1) is 16.4. The van der Waals surface area contributed by atoms with E-state index in [4.69, 9.17) is 4.74 Å². The van der Waals surface area contributed by atoms with Gasteiger partial charge in [-0.3, -0.25) is 15.1 Å². The van der Waals surface area contributed by atoms with Gasteiger partial charge in [-0.05, 0) is 48.7 Å². The molecule has 0 atom stereocenters. The average Bonchev–Trinajstić information content (AvgIpc) is 3.52. The summed E-state index contributed by atoms with van der Waals surface area (Å²) >= 11 is 0. The molecule has 0 bridgehead atoms. The smallest absolute Gasteiger partial charge is 0.254 e. The van der Waals surface area contributed by atoms with E-state index < -0.39 is 0 Å². The summed E-state index contributed by atoms with van der Waals surface area (Å²) in [6.07, 6.45) is 5.38. The van der Waals surface area contributed by atoms with Crippen LogP contribution in [0.5, 0.6) is 5.75 Å². The van der Waals surface area contributed by atoms with E-state index in [1.54, 1.807) is 49.5 Å². The van der Waals surface area contributed by atoms with E-state index in [1.165, 1.54) is 0 Å². The Kier molecular flexibility index (Phi) is 5.38. The highest BCUT2D eigenvalue weighted by atomic mass is 16.5. The van der Waals surface area contributed by atoms with Crippen LogP contribution in [0.3, 0.4) is 0 Å². The number of H-pyrrole nitrogens is 1. The number of ether oxygens (including phenoxy) is 1. The predicted octanol–water partition coefficient (Wildman–Crippen LogP) is 3.75. The van der Waals surface area contributed by atoms with Crippen LogP contribution in [0.25, 0.3) is 22.0 Å². The van der Waals surface area contributed by atoms with Gasteiger partial charge >= 0.3 is 0 Å². The number of aryl methyl sites for hydroxylation is 1. The van der Waals surface area contributed by atoms with E-state index in [0.717, 1.165) is 45.2 Å². The zero-order chi connectivity index (χ0) is 23.8. The zero-order valence-corrected chi connectivity index (χ0v) is 18.9. The normalized spacial score (nSPS) is 13.0. The van der Waals surface area contributed by atoms with Gasteiger partial charge in [-0.1, -0.05) is 12.1 Å². The molecule has 0 aliphatic heterocycles. The molecule has 170 valence electrons. The van der Waals surface area contributed by atoms with Crippen molar-refractivity contribution in [3.63, 3.8) is 0 Å². The number of hydrogen-bond donors (Lipinski definition) is 2. The number of pyridine rings is 1. The van der Waals surface area contributed by atoms with E-state index in [2.05, 4.69) is 16.3 Å². The molecular weight excluding hydrogens is 430 g/mol. The van der Waals surface area contributed by atoms with Crippen LogP contribution in [0.2, 0.25) is 0 Å². The second-order valence-corrected chi connectivity index (χ2v) is 8.62. The molecule has 1 saturated carbocycles. The van der Waals surface area contributed by atoms with Crippen LogP contribution < -0.4 is 9.47 Å². The molecule has 2 aromatic heterocycles. The van der Waals surface area contributed by atoms with Gasteiger partial charge in [0.05, 0.1) is 46.9 Å². The summed E-state index contributed by atoms with van der Waals surface area (Å²) in [6.45, 7) is 2.08. The maximum atomic E-state index is 13.3. The van der Waals surface area contributed by atoms with Crippen molar-refractivity contribution in [2.45, 2.75) is 32.4 Å². The van der Waals surface area contributed by atoms with Gasteiger partial charge in [0.2, 0.25) is 11.9 Å². The lowest BCUT2D eigenvalue weighted by Gasteiger charge is -2.19. The van der Waals surface area contributed by atoms with Crippen LogP contribution in [0.1, 0.15) is 40.0 Å². The molecule has 8 heteroatoms. The Bertz CT molecular complexity index is 1450. The molecule has 2 heterocycles. The number of nitriles is 1. The number of nitrogens with zero attached hydrogens (tertiary/aromatic N) is 4. The maximum Gasteiger partial charge on any atom is 0.254 e. The van der Waals surface area contributed by atoms with Gasteiger partial charge in [0.15, 0.2) is 0 Å². The largest absolute Gasteiger partial charge is 0.490 e. The van der Waals surface area contributed by atoms with E-state index in [1.807, 2.05) is 24.3 Å². The minimum absolute atomic E-state index is 0.155. The second kappa shape index (κ2) is 8.52. The van der Waals surface area contributed by atoms with Crippen molar-refractivity contribution in [3.05, 3.63) is 77.2 Å². The number of fused-ring (bicyclic) bond motifs is 1. The number of amides is 1. The highest BCUT2D eigenvalue weighted by Crippen LogP contribution is 2.36. The van der Waals surface area contributed by atoms with Crippen molar-refractivity contribution in [3.8, 4) is 22.9 Å². The molecule has 0 saturated heterocycles. The van der Waals surface area contributed by atoms with Gasteiger partial charge in [0.1, 0.15) is 5.75 Å². The van der Waals surface area contributed by atoms with Gasteiger partial charge in [0.25, 0.3) is 5.91 Å². The molecule has 4 aromatic rings. The Morgan fingerprint density at radius 1 is 1.32 bits per heavy atom. The minimum atomic E-state index is -0.171. The Hall–Kier alpha value is -4.38. The third kappa shape index (κ3) is 4.04. The summed E-state index contributed by atoms with van der Waals surface area (Å²) in [5.74, 6) is 0.465. The quantitative estimate of drug-likeness (QED) is 0.341. The summed E-state index contributed by atoms with van der Waals surface area (Å²) < 4.78 is 7.20. The Morgan fingerprint density at radius 3 is 2.91 bits per heavy atom. The summed E-state index contributed by atoms with van der Waals surface area (Å²) in [5, 5.41) is 27.3. The molecule has 0 unspecified atom stereocenters. The minimum Gasteiger partial charge on any atom is -0.490 e. The molecule has 1 aliphatic carbocycles. The Morgan fingerprint density at radius 2 is 2.15 bits per heavy atom. The number of hydrogen-bond acceptors (Lipinski definition) is 5. The fraction of sp³-hybridized carbons (Fsp3) is 0.231. The third-order valence-electron chi connectivity index (χ3n) is 6.08. The highest BCUT2D eigenvalue weighted by Gasteiger charge is 2.26. The standard InChI is InChI=1S/C26H23N5O3/c1-16-23-13-28-29-25(23)20(15-31(16)33)14-30(2)26(32)19-6-9-22(24(11-19)34-21-7-8-21)18-5-3-4-17(10-18)12-27/h3-6,9-11,13,15,21,33H,7-8,14H2,1-2H3/p+1. The first-order valence-electron chi connectivity index (χ1n) is 11.1. The summed E-state index contributed by atoms with van der Waals surface area (Å²) in [5.41, 5.74) is 4.99. The van der Waals surface area contributed by atoms with Gasteiger partial charge in [-0.2, -0.15) is 10.4 Å². The number of aromatic nitrogens is 3. The van der Waals surface area contributed by atoms with E-state index in [0.29, 0.717) is 22.6 Å². The molecule has 5 rings (SSSR count). The van der Waals surface area contributed by atoms with Gasteiger partial charge in [-0.15, -0.1) is 0 Å². The number of nitrogens with one attached hydrogen (secondary N) is 1. The molecule has 0 radical (unpaired) electrons. The summed E-state index contributed by atoms with van der Waals surface area (Å²) in [7, 11) is 1.72. The number of carbonyl (C=O) groups excluding carboxylic acids is 1. The van der Waals surface area contributed by atoms with Crippen LogP contribution in [0.4, 0.5) is 0 Å². The van der Waals surface area contributed by atoms with Crippen LogP contribution in [0.15, 0.2) is 54.9 Å². The summed E-state index contributed by atoms with van der Waals surface area (Å²) in [6, 6.07) is 14.9. The summed E-state index contributed by atoms with van der Waals surface area (Å²) in [4.78, 5) is 14.9. The highest BCUT2D eigenvalue weighted by molar-refractivity contribution is 5.96. The van der Waals surface area contributed by atoms with Crippen molar-refractivity contribution in [2.24, 2.45) is 0 Å². The van der Waals surface area contributed by atoms with E-state index in [9.17, 15) is 15.3 Å². The van der Waals surface area contributed by atoms with Crippen molar-refractivity contribution >= 4 is 16.8 Å². The number of carbonyl (C=O) groups is 1. The van der Waals surface area contributed by atoms with Crippen molar-refractivity contribution in [2.75, 3.05) is 7.05 Å². The number of rotatable bonds is 6. The first-order valence-corrected chi connectivity index (χ1v) is 11.1. The average molecular weight is 455 g/mol. The molecule has 0 spiro atoms. The lowest BCUT2D eigenvalue weighted by Crippen LogP contribution is -2.35. The molecule has 1 aliphatic rings. The van der Waals surface area contributed by atoms with Crippen molar-refractivity contribution in [1.82, 2.24) is 15.1 Å². The first kappa shape index (κ1) is 21.5. The molecular formula is C26H24N5O3+. The van der Waals surface area contributed by atoms with Crippen LogP contribution in [-0.2, 0) is 6.54 Å².